The van der Waals surface area contributed by atoms with Crippen molar-refractivity contribution >= 4 is 0 Å². The number of aromatic nitrogens is 2. The molecule has 100 valence electrons. The standard InChI is InChI=1S/C13H15N3O3/c14-9(7-1-2-7)6-12-15-13(16-19-12)8-3-4-10(17)11(18)5-8/h3-5,7,9,17-18H,1-2,6,14H2. The molecule has 1 aromatic heterocycles. The summed E-state index contributed by atoms with van der Waals surface area (Å²) in [5.74, 6) is 1.07. The lowest BCUT2D eigenvalue weighted by Gasteiger charge is -2.04. The molecule has 0 saturated heterocycles. The summed E-state index contributed by atoms with van der Waals surface area (Å²) in [4.78, 5) is 4.25. The van der Waals surface area contributed by atoms with E-state index in [1.165, 1.54) is 25.0 Å². The third-order valence-electron chi connectivity index (χ3n) is 3.34. The Labute approximate surface area is 109 Å². The molecular weight excluding hydrogens is 246 g/mol. The molecule has 3 rings (SSSR count). The molecule has 1 aromatic carbocycles. The minimum absolute atomic E-state index is 0.0709. The first-order valence-electron chi connectivity index (χ1n) is 6.24. The Hall–Kier alpha value is -2.08. The fourth-order valence-electron chi connectivity index (χ4n) is 2.01. The average molecular weight is 261 g/mol. The highest BCUT2D eigenvalue weighted by atomic mass is 16.5. The van der Waals surface area contributed by atoms with Gasteiger partial charge in [-0.2, -0.15) is 4.98 Å². The zero-order valence-corrected chi connectivity index (χ0v) is 10.3. The SMILES string of the molecule is NC(Cc1nc(-c2ccc(O)c(O)c2)no1)C1CC1. The summed E-state index contributed by atoms with van der Waals surface area (Å²) in [5.41, 5.74) is 6.59. The summed E-state index contributed by atoms with van der Waals surface area (Å²) in [7, 11) is 0. The number of nitrogens with zero attached hydrogens (tertiary/aromatic N) is 2. The lowest BCUT2D eigenvalue weighted by molar-refractivity contribution is 0.363. The van der Waals surface area contributed by atoms with Gasteiger partial charge in [0.05, 0.1) is 0 Å². The Morgan fingerprint density at radius 3 is 2.79 bits per heavy atom. The quantitative estimate of drug-likeness (QED) is 0.719. The van der Waals surface area contributed by atoms with Crippen LogP contribution in [0.1, 0.15) is 18.7 Å². The topological polar surface area (TPSA) is 105 Å². The molecular formula is C13H15N3O3. The van der Waals surface area contributed by atoms with Gasteiger partial charge in [-0.15, -0.1) is 0 Å². The second-order valence-corrected chi connectivity index (χ2v) is 4.92. The average Bonchev–Trinajstić information content (AvgIpc) is 3.14. The van der Waals surface area contributed by atoms with E-state index in [2.05, 4.69) is 10.1 Å². The molecule has 1 aliphatic rings. The van der Waals surface area contributed by atoms with Gasteiger partial charge in [-0.25, -0.2) is 0 Å². The van der Waals surface area contributed by atoms with Crippen LogP contribution in [0.3, 0.4) is 0 Å². The van der Waals surface area contributed by atoms with E-state index in [0.717, 1.165) is 0 Å². The van der Waals surface area contributed by atoms with Crippen molar-refractivity contribution in [3.63, 3.8) is 0 Å². The monoisotopic (exact) mass is 261 g/mol. The predicted molar refractivity (Wildman–Crippen MR) is 67.5 cm³/mol. The molecule has 0 amide bonds. The number of aromatic hydroxyl groups is 2. The van der Waals surface area contributed by atoms with Crippen molar-refractivity contribution in [3.8, 4) is 22.9 Å². The third-order valence-corrected chi connectivity index (χ3v) is 3.34. The minimum Gasteiger partial charge on any atom is -0.504 e. The Kier molecular flexibility index (Phi) is 2.87. The fraction of sp³-hybridized carbons (Fsp3) is 0.385. The molecule has 4 N–H and O–H groups in total. The number of phenolic OH excluding ortho intramolecular Hbond substituents is 2. The first-order chi connectivity index (χ1) is 9.13. The van der Waals surface area contributed by atoms with Crippen molar-refractivity contribution in [3.05, 3.63) is 24.1 Å². The van der Waals surface area contributed by atoms with Crippen molar-refractivity contribution in [2.24, 2.45) is 11.7 Å². The second kappa shape index (κ2) is 4.55. The van der Waals surface area contributed by atoms with Crippen LogP contribution < -0.4 is 5.73 Å². The van der Waals surface area contributed by atoms with Crippen LogP contribution in [0.2, 0.25) is 0 Å². The molecule has 6 nitrogen and oxygen atoms in total. The molecule has 1 unspecified atom stereocenters. The maximum absolute atomic E-state index is 9.44. The smallest absolute Gasteiger partial charge is 0.228 e. The van der Waals surface area contributed by atoms with Gasteiger partial charge in [0.2, 0.25) is 11.7 Å². The zero-order chi connectivity index (χ0) is 13.4. The van der Waals surface area contributed by atoms with Crippen molar-refractivity contribution < 1.29 is 14.7 Å². The Morgan fingerprint density at radius 2 is 2.11 bits per heavy atom. The molecule has 19 heavy (non-hydrogen) atoms. The van der Waals surface area contributed by atoms with Gasteiger partial charge in [0.1, 0.15) is 0 Å². The van der Waals surface area contributed by atoms with E-state index in [4.69, 9.17) is 10.3 Å². The molecule has 0 radical (unpaired) electrons. The number of hydrogen-bond donors (Lipinski definition) is 3. The second-order valence-electron chi connectivity index (χ2n) is 4.92. The van der Waals surface area contributed by atoms with Gasteiger partial charge in [-0.3, -0.25) is 0 Å². The zero-order valence-electron chi connectivity index (χ0n) is 10.3. The number of benzene rings is 1. The lowest BCUT2D eigenvalue weighted by atomic mass is 10.1. The van der Waals surface area contributed by atoms with E-state index in [-0.39, 0.29) is 17.5 Å². The van der Waals surface area contributed by atoms with Crippen LogP contribution in [-0.2, 0) is 6.42 Å². The molecule has 1 saturated carbocycles. The van der Waals surface area contributed by atoms with Crippen molar-refractivity contribution in [1.82, 2.24) is 10.1 Å². The van der Waals surface area contributed by atoms with E-state index in [1.807, 2.05) is 0 Å². The van der Waals surface area contributed by atoms with Crippen LogP contribution in [0, 0.1) is 5.92 Å². The highest BCUT2D eigenvalue weighted by molar-refractivity contribution is 5.59. The number of rotatable bonds is 4. The van der Waals surface area contributed by atoms with Crippen LogP contribution in [0.25, 0.3) is 11.4 Å². The number of phenols is 2. The van der Waals surface area contributed by atoms with Crippen LogP contribution in [0.4, 0.5) is 0 Å². The molecule has 0 spiro atoms. The van der Waals surface area contributed by atoms with Crippen molar-refractivity contribution in [1.29, 1.82) is 0 Å². The van der Waals surface area contributed by atoms with Gasteiger partial charge < -0.3 is 20.5 Å². The normalized spacial score (nSPS) is 16.5. The van der Waals surface area contributed by atoms with E-state index >= 15 is 0 Å². The minimum atomic E-state index is -0.210. The van der Waals surface area contributed by atoms with Crippen LogP contribution in [0.5, 0.6) is 11.5 Å². The molecule has 2 aromatic rings. The number of nitrogens with two attached hydrogens (primary N) is 1. The van der Waals surface area contributed by atoms with Crippen LogP contribution >= 0.6 is 0 Å². The van der Waals surface area contributed by atoms with E-state index in [1.54, 1.807) is 6.07 Å². The summed E-state index contributed by atoms with van der Waals surface area (Å²) in [5, 5.41) is 22.5. The summed E-state index contributed by atoms with van der Waals surface area (Å²) < 4.78 is 5.15. The molecule has 0 bridgehead atoms. The summed E-state index contributed by atoms with van der Waals surface area (Å²) in [6.07, 6.45) is 2.92. The molecule has 0 aliphatic heterocycles. The summed E-state index contributed by atoms with van der Waals surface area (Å²) in [6, 6.07) is 4.47. The van der Waals surface area contributed by atoms with Gasteiger partial charge in [0, 0.05) is 18.0 Å². The van der Waals surface area contributed by atoms with Gasteiger partial charge >= 0.3 is 0 Å². The van der Waals surface area contributed by atoms with Crippen molar-refractivity contribution in [2.45, 2.75) is 25.3 Å². The van der Waals surface area contributed by atoms with E-state index < -0.39 is 0 Å². The van der Waals surface area contributed by atoms with E-state index in [9.17, 15) is 10.2 Å². The molecule has 6 heteroatoms. The van der Waals surface area contributed by atoms with Crippen LogP contribution in [-0.4, -0.2) is 26.4 Å². The third kappa shape index (κ3) is 2.53. The van der Waals surface area contributed by atoms with Crippen LogP contribution in [0.15, 0.2) is 22.7 Å². The summed E-state index contributed by atoms with van der Waals surface area (Å²) >= 11 is 0. The molecule has 1 atom stereocenters. The molecule has 1 aliphatic carbocycles. The molecule has 1 fully saturated rings. The number of hydrogen-bond acceptors (Lipinski definition) is 6. The van der Waals surface area contributed by atoms with Gasteiger partial charge in [-0.05, 0) is 37.0 Å². The maximum Gasteiger partial charge on any atom is 0.228 e. The fourth-order valence-corrected chi connectivity index (χ4v) is 2.01. The first-order valence-corrected chi connectivity index (χ1v) is 6.24. The Bertz CT molecular complexity index is 593. The van der Waals surface area contributed by atoms with Gasteiger partial charge in [-0.1, -0.05) is 5.16 Å². The first kappa shape index (κ1) is 12.0. The lowest BCUT2D eigenvalue weighted by Crippen LogP contribution is -2.25. The Morgan fingerprint density at radius 1 is 1.32 bits per heavy atom. The highest BCUT2D eigenvalue weighted by Crippen LogP contribution is 2.33. The highest BCUT2D eigenvalue weighted by Gasteiger charge is 2.29. The van der Waals surface area contributed by atoms with Gasteiger partial charge in [0.25, 0.3) is 0 Å². The Balaban J connectivity index is 1.77. The largest absolute Gasteiger partial charge is 0.504 e. The maximum atomic E-state index is 9.44. The van der Waals surface area contributed by atoms with Crippen molar-refractivity contribution in [2.75, 3.05) is 0 Å². The summed E-state index contributed by atoms with van der Waals surface area (Å²) in [6.45, 7) is 0. The van der Waals surface area contributed by atoms with Gasteiger partial charge in [0.15, 0.2) is 11.5 Å². The van der Waals surface area contributed by atoms with E-state index in [0.29, 0.717) is 29.6 Å². The predicted octanol–water partition coefficient (Wildman–Crippen LogP) is 1.43. The molecule has 1 heterocycles.